The highest BCUT2D eigenvalue weighted by Crippen LogP contribution is 2.24. The van der Waals surface area contributed by atoms with Crippen LogP contribution in [0.1, 0.15) is 15.9 Å². The van der Waals surface area contributed by atoms with Crippen LogP contribution in [0.2, 0.25) is 10.0 Å². The van der Waals surface area contributed by atoms with Gasteiger partial charge in [0, 0.05) is 16.3 Å². The quantitative estimate of drug-likeness (QED) is 0.789. The molecule has 5 nitrogen and oxygen atoms in total. The van der Waals surface area contributed by atoms with E-state index in [9.17, 15) is 14.7 Å². The number of phenols is 1. The largest absolute Gasteiger partial charge is 0.506 e. The van der Waals surface area contributed by atoms with E-state index < -0.39 is 5.91 Å². The molecule has 0 aliphatic rings. The second-order valence-electron chi connectivity index (χ2n) is 4.81. The van der Waals surface area contributed by atoms with Gasteiger partial charge in [-0.1, -0.05) is 29.3 Å². The minimum absolute atomic E-state index is 0.0663. The standard InChI is InChI=1S/C16H14Cl2N2O3/c1-9-11(17)3-2-4-13(9)20-15(22)8-19-16(23)10-5-6-14(21)12(18)7-10/h2-7,21H,8H2,1H3,(H,19,23)(H,20,22). The maximum atomic E-state index is 11.9. The van der Waals surface area contributed by atoms with Gasteiger partial charge in [-0.2, -0.15) is 0 Å². The van der Waals surface area contributed by atoms with Crippen molar-refractivity contribution in [2.75, 3.05) is 11.9 Å². The zero-order valence-electron chi connectivity index (χ0n) is 12.2. The molecule has 0 heterocycles. The summed E-state index contributed by atoms with van der Waals surface area (Å²) in [7, 11) is 0. The summed E-state index contributed by atoms with van der Waals surface area (Å²) in [6, 6.07) is 9.22. The summed E-state index contributed by atoms with van der Waals surface area (Å²) in [4.78, 5) is 23.8. The molecule has 0 saturated heterocycles. The second-order valence-corrected chi connectivity index (χ2v) is 5.62. The molecule has 2 aromatic carbocycles. The van der Waals surface area contributed by atoms with Crippen LogP contribution in [0, 0.1) is 6.92 Å². The van der Waals surface area contributed by atoms with Crippen molar-refractivity contribution >= 4 is 40.7 Å². The molecule has 3 N–H and O–H groups in total. The van der Waals surface area contributed by atoms with Crippen LogP contribution in [0.4, 0.5) is 5.69 Å². The maximum Gasteiger partial charge on any atom is 0.251 e. The fourth-order valence-electron chi connectivity index (χ4n) is 1.85. The molecule has 0 radical (unpaired) electrons. The smallest absolute Gasteiger partial charge is 0.251 e. The van der Waals surface area contributed by atoms with Gasteiger partial charge in [0.05, 0.1) is 11.6 Å². The summed E-state index contributed by atoms with van der Waals surface area (Å²) >= 11 is 11.7. The number of halogens is 2. The van der Waals surface area contributed by atoms with Gasteiger partial charge in [0.25, 0.3) is 5.91 Å². The number of aromatic hydroxyl groups is 1. The fourth-order valence-corrected chi connectivity index (χ4v) is 2.20. The van der Waals surface area contributed by atoms with Crippen molar-refractivity contribution in [1.29, 1.82) is 0 Å². The molecule has 0 bridgehead atoms. The third-order valence-electron chi connectivity index (χ3n) is 3.16. The molecule has 0 aliphatic heterocycles. The molecule has 7 heteroatoms. The number of anilines is 1. The average molecular weight is 353 g/mol. The summed E-state index contributed by atoms with van der Waals surface area (Å²) < 4.78 is 0. The molecule has 23 heavy (non-hydrogen) atoms. The summed E-state index contributed by atoms with van der Waals surface area (Å²) in [6.45, 7) is 1.58. The van der Waals surface area contributed by atoms with E-state index in [1.807, 2.05) is 0 Å². The number of amides is 2. The van der Waals surface area contributed by atoms with Gasteiger partial charge in [0.15, 0.2) is 0 Å². The van der Waals surface area contributed by atoms with Crippen LogP contribution in [0.5, 0.6) is 5.75 Å². The Labute approximate surface area is 143 Å². The first-order chi connectivity index (χ1) is 10.9. The molecule has 120 valence electrons. The van der Waals surface area contributed by atoms with Crippen LogP contribution >= 0.6 is 23.2 Å². The molecular weight excluding hydrogens is 339 g/mol. The molecule has 0 spiro atoms. The molecule has 0 fully saturated rings. The Hall–Kier alpha value is -2.24. The molecule has 2 aromatic rings. The Morgan fingerprint density at radius 3 is 2.57 bits per heavy atom. The third kappa shape index (κ3) is 4.37. The van der Waals surface area contributed by atoms with Crippen molar-refractivity contribution in [3.63, 3.8) is 0 Å². The van der Waals surface area contributed by atoms with E-state index >= 15 is 0 Å². The number of phenolic OH excluding ortho intramolecular Hbond substituents is 1. The maximum absolute atomic E-state index is 11.9. The molecular formula is C16H14Cl2N2O3. The van der Waals surface area contributed by atoms with Gasteiger partial charge in [0.2, 0.25) is 5.91 Å². The Morgan fingerprint density at radius 2 is 1.87 bits per heavy atom. The Balaban J connectivity index is 1.94. The second kappa shape index (κ2) is 7.35. The van der Waals surface area contributed by atoms with E-state index in [-0.39, 0.29) is 28.8 Å². The van der Waals surface area contributed by atoms with Gasteiger partial charge in [-0.25, -0.2) is 0 Å². The van der Waals surface area contributed by atoms with E-state index in [0.29, 0.717) is 10.7 Å². The van der Waals surface area contributed by atoms with Crippen LogP contribution < -0.4 is 10.6 Å². The van der Waals surface area contributed by atoms with E-state index in [4.69, 9.17) is 23.2 Å². The van der Waals surface area contributed by atoms with Gasteiger partial charge in [-0.3, -0.25) is 9.59 Å². The van der Waals surface area contributed by atoms with Crippen molar-refractivity contribution in [2.45, 2.75) is 6.92 Å². The molecule has 2 rings (SSSR count). The number of carbonyl (C=O) groups is 2. The van der Waals surface area contributed by atoms with E-state index in [0.717, 1.165) is 5.56 Å². The highest BCUT2D eigenvalue weighted by Gasteiger charge is 2.11. The third-order valence-corrected chi connectivity index (χ3v) is 3.87. The molecule has 0 unspecified atom stereocenters. The minimum atomic E-state index is -0.468. The van der Waals surface area contributed by atoms with Crippen molar-refractivity contribution in [2.24, 2.45) is 0 Å². The predicted octanol–water partition coefficient (Wildman–Crippen LogP) is 3.38. The number of benzene rings is 2. The minimum Gasteiger partial charge on any atom is -0.506 e. The SMILES string of the molecule is Cc1c(Cl)cccc1NC(=O)CNC(=O)c1ccc(O)c(Cl)c1. The van der Waals surface area contributed by atoms with E-state index in [2.05, 4.69) is 10.6 Å². The van der Waals surface area contributed by atoms with Gasteiger partial charge < -0.3 is 15.7 Å². The predicted molar refractivity (Wildman–Crippen MR) is 90.3 cm³/mol. The Morgan fingerprint density at radius 1 is 1.13 bits per heavy atom. The van der Waals surface area contributed by atoms with Crippen LogP contribution in [-0.4, -0.2) is 23.5 Å². The molecule has 2 amide bonds. The first-order valence-electron chi connectivity index (χ1n) is 6.70. The van der Waals surface area contributed by atoms with Crippen molar-refractivity contribution in [3.05, 3.63) is 57.6 Å². The topological polar surface area (TPSA) is 78.4 Å². The number of hydrogen-bond donors (Lipinski definition) is 3. The molecule has 0 aromatic heterocycles. The highest BCUT2D eigenvalue weighted by molar-refractivity contribution is 6.32. The van der Waals surface area contributed by atoms with Crippen molar-refractivity contribution in [1.82, 2.24) is 5.32 Å². The summed E-state index contributed by atoms with van der Waals surface area (Å²) in [5.41, 5.74) is 1.59. The fraction of sp³-hybridized carbons (Fsp3) is 0.125. The zero-order valence-corrected chi connectivity index (χ0v) is 13.7. The molecule has 0 aliphatic carbocycles. The zero-order chi connectivity index (χ0) is 17.0. The summed E-state index contributed by atoms with van der Waals surface area (Å²) in [6.07, 6.45) is 0. The van der Waals surface area contributed by atoms with Crippen LogP contribution in [0.3, 0.4) is 0 Å². The lowest BCUT2D eigenvalue weighted by Crippen LogP contribution is -2.33. The molecule has 0 saturated carbocycles. The number of nitrogens with one attached hydrogen (secondary N) is 2. The van der Waals surface area contributed by atoms with Crippen LogP contribution in [0.25, 0.3) is 0 Å². The van der Waals surface area contributed by atoms with Crippen LogP contribution in [-0.2, 0) is 4.79 Å². The van der Waals surface area contributed by atoms with E-state index in [1.54, 1.807) is 25.1 Å². The molecule has 0 atom stereocenters. The monoisotopic (exact) mass is 352 g/mol. The van der Waals surface area contributed by atoms with Gasteiger partial charge >= 0.3 is 0 Å². The lowest BCUT2D eigenvalue weighted by Gasteiger charge is -2.10. The Kier molecular flexibility index (Phi) is 5.47. The summed E-state index contributed by atoms with van der Waals surface area (Å²) in [5, 5.41) is 15.1. The van der Waals surface area contributed by atoms with E-state index in [1.165, 1.54) is 18.2 Å². The van der Waals surface area contributed by atoms with Gasteiger partial charge in [0.1, 0.15) is 5.75 Å². The first kappa shape index (κ1) is 17.1. The lowest BCUT2D eigenvalue weighted by molar-refractivity contribution is -0.115. The number of carbonyl (C=O) groups excluding carboxylic acids is 2. The number of hydrogen-bond acceptors (Lipinski definition) is 3. The highest BCUT2D eigenvalue weighted by atomic mass is 35.5. The first-order valence-corrected chi connectivity index (χ1v) is 7.45. The van der Waals surface area contributed by atoms with Gasteiger partial charge in [-0.05, 0) is 42.8 Å². The van der Waals surface area contributed by atoms with Crippen molar-refractivity contribution < 1.29 is 14.7 Å². The van der Waals surface area contributed by atoms with Crippen LogP contribution in [0.15, 0.2) is 36.4 Å². The van der Waals surface area contributed by atoms with Gasteiger partial charge in [-0.15, -0.1) is 0 Å². The van der Waals surface area contributed by atoms with Crippen molar-refractivity contribution in [3.8, 4) is 5.75 Å². The Bertz CT molecular complexity index is 763. The summed E-state index contributed by atoms with van der Waals surface area (Å²) in [5.74, 6) is -0.962. The normalized spacial score (nSPS) is 10.2. The number of rotatable bonds is 4. The average Bonchev–Trinajstić information content (AvgIpc) is 2.52. The lowest BCUT2D eigenvalue weighted by atomic mass is 10.2.